The molecule has 0 bridgehead atoms. The molecule has 1 amide bonds. The number of hydrogen-bond donors (Lipinski definition) is 2. The molecule has 0 unspecified atom stereocenters. The summed E-state index contributed by atoms with van der Waals surface area (Å²) in [4.78, 5) is 11.8. The Morgan fingerprint density at radius 2 is 2.17 bits per heavy atom. The van der Waals surface area contributed by atoms with E-state index in [-0.39, 0.29) is 17.1 Å². The number of anilines is 2. The molecular weight excluding hydrogens is 242 g/mol. The van der Waals surface area contributed by atoms with Crippen molar-refractivity contribution in [1.29, 1.82) is 0 Å². The van der Waals surface area contributed by atoms with Gasteiger partial charge in [0.15, 0.2) is 11.6 Å². The number of aromatic nitrogens is 2. The van der Waals surface area contributed by atoms with Gasteiger partial charge in [-0.15, -0.1) is 0 Å². The summed E-state index contributed by atoms with van der Waals surface area (Å²) in [5.74, 6) is -2.66. The third kappa shape index (κ3) is 2.02. The maximum Gasteiger partial charge on any atom is 0.261 e. The van der Waals surface area contributed by atoms with E-state index in [1.165, 1.54) is 23.0 Å². The van der Waals surface area contributed by atoms with Gasteiger partial charge < -0.3 is 11.1 Å². The van der Waals surface area contributed by atoms with Crippen molar-refractivity contribution in [1.82, 2.24) is 9.78 Å². The van der Waals surface area contributed by atoms with Crippen molar-refractivity contribution in [2.75, 3.05) is 11.1 Å². The molecule has 1 aromatic carbocycles. The molecule has 0 aliphatic heterocycles. The van der Waals surface area contributed by atoms with E-state index in [9.17, 15) is 13.6 Å². The molecule has 2 rings (SSSR count). The number of nitrogens with zero attached hydrogens (tertiary/aromatic N) is 2. The lowest BCUT2D eigenvalue weighted by Crippen LogP contribution is -2.15. The number of nitrogens with two attached hydrogens (primary N) is 1. The maximum absolute atomic E-state index is 13.3. The van der Waals surface area contributed by atoms with Gasteiger partial charge in [-0.3, -0.25) is 9.48 Å². The summed E-state index contributed by atoms with van der Waals surface area (Å²) >= 11 is 0. The topological polar surface area (TPSA) is 72.9 Å². The van der Waals surface area contributed by atoms with E-state index in [0.717, 1.165) is 6.07 Å². The molecular formula is C11H10F2N4O. The average Bonchev–Trinajstić information content (AvgIpc) is 2.66. The minimum absolute atomic E-state index is 0.0983. The molecule has 0 saturated heterocycles. The summed E-state index contributed by atoms with van der Waals surface area (Å²) in [5, 5.41) is 6.02. The molecule has 94 valence electrons. The minimum atomic E-state index is -1.12. The molecule has 3 N–H and O–H groups in total. The van der Waals surface area contributed by atoms with Crippen LogP contribution in [0.5, 0.6) is 0 Å². The predicted octanol–water partition coefficient (Wildman–Crippen LogP) is 1.53. The number of rotatable bonds is 2. The second-order valence-corrected chi connectivity index (χ2v) is 3.62. The zero-order valence-corrected chi connectivity index (χ0v) is 9.45. The molecule has 5 nitrogen and oxygen atoms in total. The first-order valence-electron chi connectivity index (χ1n) is 5.03. The Morgan fingerprint density at radius 3 is 2.78 bits per heavy atom. The Hall–Kier alpha value is -2.44. The Morgan fingerprint density at radius 1 is 1.44 bits per heavy atom. The quantitative estimate of drug-likeness (QED) is 0.851. The zero-order valence-electron chi connectivity index (χ0n) is 9.45. The fraction of sp³-hybridized carbons (Fsp3) is 0.0909. The second-order valence-electron chi connectivity index (χ2n) is 3.62. The lowest BCUT2D eigenvalue weighted by molar-refractivity contribution is 0.102. The number of aryl methyl sites for hydroxylation is 1. The Labute approximate surface area is 101 Å². The first-order chi connectivity index (χ1) is 8.50. The molecule has 0 aliphatic rings. The molecule has 0 spiro atoms. The van der Waals surface area contributed by atoms with Crippen molar-refractivity contribution in [2.45, 2.75) is 0 Å². The number of carbonyl (C=O) groups is 1. The van der Waals surface area contributed by atoms with Crippen LogP contribution in [-0.4, -0.2) is 15.7 Å². The van der Waals surface area contributed by atoms with Crippen LogP contribution in [-0.2, 0) is 7.05 Å². The van der Waals surface area contributed by atoms with Gasteiger partial charge in [0.25, 0.3) is 5.91 Å². The summed E-state index contributed by atoms with van der Waals surface area (Å²) in [7, 11) is 1.56. The Kier molecular flexibility index (Phi) is 2.97. The summed E-state index contributed by atoms with van der Waals surface area (Å²) < 4.78 is 27.6. The maximum atomic E-state index is 13.3. The molecule has 0 radical (unpaired) electrons. The lowest BCUT2D eigenvalue weighted by atomic mass is 10.2. The lowest BCUT2D eigenvalue weighted by Gasteiger charge is -2.06. The second kappa shape index (κ2) is 4.44. The van der Waals surface area contributed by atoms with E-state index in [0.29, 0.717) is 0 Å². The highest BCUT2D eigenvalue weighted by atomic mass is 19.2. The fourth-order valence-corrected chi connectivity index (χ4v) is 1.41. The first-order valence-corrected chi connectivity index (χ1v) is 5.03. The largest absolute Gasteiger partial charge is 0.383 e. The van der Waals surface area contributed by atoms with Gasteiger partial charge in [-0.05, 0) is 12.1 Å². The summed E-state index contributed by atoms with van der Waals surface area (Å²) in [5.41, 5.74) is 5.45. The smallest absolute Gasteiger partial charge is 0.261 e. The van der Waals surface area contributed by atoms with Gasteiger partial charge in [0, 0.05) is 7.05 Å². The van der Waals surface area contributed by atoms with Crippen LogP contribution in [0.3, 0.4) is 0 Å². The summed E-state index contributed by atoms with van der Waals surface area (Å²) in [6.45, 7) is 0. The van der Waals surface area contributed by atoms with E-state index < -0.39 is 17.5 Å². The molecule has 0 fully saturated rings. The summed E-state index contributed by atoms with van der Waals surface area (Å²) in [6.07, 6.45) is 1.25. The highest BCUT2D eigenvalue weighted by Crippen LogP contribution is 2.18. The van der Waals surface area contributed by atoms with Gasteiger partial charge >= 0.3 is 0 Å². The number of nitrogen functional groups attached to an aromatic ring is 1. The molecule has 0 aliphatic carbocycles. The number of halogens is 2. The number of carbonyl (C=O) groups excluding carboxylic acids is 1. The van der Waals surface area contributed by atoms with E-state index in [1.54, 1.807) is 7.05 Å². The molecule has 1 aromatic heterocycles. The predicted molar refractivity (Wildman–Crippen MR) is 61.9 cm³/mol. The van der Waals surface area contributed by atoms with Crippen LogP contribution in [0.25, 0.3) is 0 Å². The molecule has 18 heavy (non-hydrogen) atoms. The summed E-state index contributed by atoms with van der Waals surface area (Å²) in [6, 6.07) is 3.51. The van der Waals surface area contributed by atoms with Gasteiger partial charge in [-0.2, -0.15) is 5.10 Å². The van der Waals surface area contributed by atoms with Gasteiger partial charge in [0.1, 0.15) is 11.4 Å². The molecule has 0 saturated carbocycles. The Bertz CT molecular complexity index is 609. The highest BCUT2D eigenvalue weighted by molar-refractivity contribution is 6.07. The SMILES string of the molecule is Cn1ncc(C(=O)Nc2cccc(F)c2F)c1N. The van der Waals surface area contributed by atoms with E-state index in [1.807, 2.05) is 0 Å². The van der Waals surface area contributed by atoms with E-state index in [2.05, 4.69) is 10.4 Å². The molecule has 7 heteroatoms. The van der Waals surface area contributed by atoms with E-state index >= 15 is 0 Å². The van der Waals surface area contributed by atoms with Crippen LogP contribution >= 0.6 is 0 Å². The van der Waals surface area contributed by atoms with Crippen LogP contribution in [0.1, 0.15) is 10.4 Å². The monoisotopic (exact) mass is 252 g/mol. The van der Waals surface area contributed by atoms with Gasteiger partial charge in [-0.1, -0.05) is 6.07 Å². The number of hydrogen-bond acceptors (Lipinski definition) is 3. The van der Waals surface area contributed by atoms with Gasteiger partial charge in [-0.25, -0.2) is 8.78 Å². The Balaban J connectivity index is 2.27. The van der Waals surface area contributed by atoms with E-state index in [4.69, 9.17) is 5.73 Å². The number of benzene rings is 1. The van der Waals surface area contributed by atoms with Crippen molar-refractivity contribution in [3.05, 3.63) is 41.6 Å². The van der Waals surface area contributed by atoms with Crippen molar-refractivity contribution in [3.63, 3.8) is 0 Å². The fourth-order valence-electron chi connectivity index (χ4n) is 1.41. The first kappa shape index (κ1) is 12.0. The van der Waals surface area contributed by atoms with Gasteiger partial charge in [0.2, 0.25) is 0 Å². The standard InChI is InChI=1S/C11H10F2N4O/c1-17-10(14)6(5-15-17)11(18)16-8-4-2-3-7(12)9(8)13/h2-5H,14H2,1H3,(H,16,18). The number of amides is 1. The van der Waals surface area contributed by atoms with Crippen LogP contribution in [0.2, 0.25) is 0 Å². The van der Waals surface area contributed by atoms with Crippen LogP contribution in [0.15, 0.2) is 24.4 Å². The molecule has 1 heterocycles. The third-order valence-electron chi connectivity index (χ3n) is 2.43. The molecule has 0 atom stereocenters. The highest BCUT2D eigenvalue weighted by Gasteiger charge is 2.16. The van der Waals surface area contributed by atoms with Crippen molar-refractivity contribution in [3.8, 4) is 0 Å². The third-order valence-corrected chi connectivity index (χ3v) is 2.43. The van der Waals surface area contributed by atoms with Crippen LogP contribution in [0, 0.1) is 11.6 Å². The minimum Gasteiger partial charge on any atom is -0.383 e. The number of nitrogens with one attached hydrogen (secondary N) is 1. The van der Waals surface area contributed by atoms with Crippen molar-refractivity contribution in [2.24, 2.45) is 7.05 Å². The van der Waals surface area contributed by atoms with Crippen LogP contribution < -0.4 is 11.1 Å². The van der Waals surface area contributed by atoms with Crippen LogP contribution in [0.4, 0.5) is 20.3 Å². The van der Waals surface area contributed by atoms with Gasteiger partial charge in [0.05, 0.1) is 11.9 Å². The normalized spacial score (nSPS) is 10.4. The van der Waals surface area contributed by atoms with Crippen molar-refractivity contribution < 1.29 is 13.6 Å². The van der Waals surface area contributed by atoms with Crippen molar-refractivity contribution >= 4 is 17.4 Å². The zero-order chi connectivity index (χ0) is 13.3. The molecule has 2 aromatic rings. The average molecular weight is 252 g/mol.